The fourth-order valence-electron chi connectivity index (χ4n) is 3.31. The minimum Gasteiger partial charge on any atom is -0.465 e. The van der Waals surface area contributed by atoms with Crippen LogP contribution in [0.25, 0.3) is 0 Å². The number of hydrogen-bond acceptors (Lipinski definition) is 1. The molecule has 2 aromatic rings. The molecule has 0 unspecified atom stereocenters. The zero-order valence-corrected chi connectivity index (χ0v) is 13.1. The SMILES string of the molecule is CCC(CC)(c1ccccc1)[C@H](NC(=O)O)c1ccccc1. The summed E-state index contributed by atoms with van der Waals surface area (Å²) in [5, 5.41) is 12.1. The van der Waals surface area contributed by atoms with Crippen LogP contribution in [0.5, 0.6) is 0 Å². The van der Waals surface area contributed by atoms with Crippen LogP contribution in [0, 0.1) is 0 Å². The van der Waals surface area contributed by atoms with E-state index in [0.717, 1.165) is 18.4 Å². The average molecular weight is 297 g/mol. The van der Waals surface area contributed by atoms with Gasteiger partial charge in [0.15, 0.2) is 0 Å². The topological polar surface area (TPSA) is 49.3 Å². The number of hydrogen-bond donors (Lipinski definition) is 2. The van der Waals surface area contributed by atoms with Gasteiger partial charge in [-0.3, -0.25) is 0 Å². The summed E-state index contributed by atoms with van der Waals surface area (Å²) < 4.78 is 0. The van der Waals surface area contributed by atoms with Crippen molar-refractivity contribution in [1.82, 2.24) is 5.32 Å². The second-order valence-corrected chi connectivity index (χ2v) is 5.52. The maximum absolute atomic E-state index is 11.4. The second kappa shape index (κ2) is 7.12. The van der Waals surface area contributed by atoms with Crippen LogP contribution in [-0.4, -0.2) is 11.2 Å². The third kappa shape index (κ3) is 3.14. The molecule has 0 bridgehead atoms. The van der Waals surface area contributed by atoms with Crippen LogP contribution >= 0.6 is 0 Å². The summed E-state index contributed by atoms with van der Waals surface area (Å²) >= 11 is 0. The molecular formula is C19H23NO2. The lowest BCUT2D eigenvalue weighted by Gasteiger charge is -2.40. The Bertz CT molecular complexity index is 591. The molecule has 0 aliphatic carbocycles. The van der Waals surface area contributed by atoms with E-state index in [1.54, 1.807) is 0 Å². The Labute approximate surface area is 132 Å². The molecule has 2 N–H and O–H groups in total. The molecule has 2 aromatic carbocycles. The van der Waals surface area contributed by atoms with Crippen molar-refractivity contribution in [2.24, 2.45) is 0 Å². The van der Waals surface area contributed by atoms with E-state index in [1.807, 2.05) is 48.5 Å². The molecule has 0 saturated heterocycles. The van der Waals surface area contributed by atoms with E-state index in [4.69, 9.17) is 0 Å². The van der Waals surface area contributed by atoms with Gasteiger partial charge in [0.25, 0.3) is 0 Å². The first kappa shape index (κ1) is 16.1. The molecule has 0 fully saturated rings. The molecule has 0 aliphatic heterocycles. The first-order valence-corrected chi connectivity index (χ1v) is 7.74. The van der Waals surface area contributed by atoms with Crippen molar-refractivity contribution >= 4 is 6.09 Å². The molecule has 116 valence electrons. The molecular weight excluding hydrogens is 274 g/mol. The zero-order valence-electron chi connectivity index (χ0n) is 13.1. The van der Waals surface area contributed by atoms with Gasteiger partial charge in [0.2, 0.25) is 0 Å². The highest BCUT2D eigenvalue weighted by Crippen LogP contribution is 2.43. The smallest absolute Gasteiger partial charge is 0.405 e. The van der Waals surface area contributed by atoms with Gasteiger partial charge in [-0.05, 0) is 24.0 Å². The largest absolute Gasteiger partial charge is 0.465 e. The highest BCUT2D eigenvalue weighted by Gasteiger charge is 2.39. The van der Waals surface area contributed by atoms with Gasteiger partial charge >= 0.3 is 6.09 Å². The van der Waals surface area contributed by atoms with Gasteiger partial charge in [0.1, 0.15) is 0 Å². The molecule has 0 aromatic heterocycles. The van der Waals surface area contributed by atoms with Crippen molar-refractivity contribution < 1.29 is 9.90 Å². The van der Waals surface area contributed by atoms with Crippen molar-refractivity contribution in [3.05, 3.63) is 71.8 Å². The van der Waals surface area contributed by atoms with Crippen LogP contribution in [0.2, 0.25) is 0 Å². The Hall–Kier alpha value is -2.29. The van der Waals surface area contributed by atoms with Crippen molar-refractivity contribution in [3.8, 4) is 0 Å². The number of nitrogens with one attached hydrogen (secondary N) is 1. The summed E-state index contributed by atoms with van der Waals surface area (Å²) in [7, 11) is 0. The predicted octanol–water partition coefficient (Wildman–Crippen LogP) is 4.75. The molecule has 0 saturated carbocycles. The molecule has 3 nitrogen and oxygen atoms in total. The predicted molar refractivity (Wildman–Crippen MR) is 89.0 cm³/mol. The second-order valence-electron chi connectivity index (χ2n) is 5.52. The Balaban J connectivity index is 2.56. The zero-order chi connectivity index (χ0) is 16.0. The average Bonchev–Trinajstić information content (AvgIpc) is 2.57. The van der Waals surface area contributed by atoms with E-state index in [9.17, 15) is 9.90 Å². The first-order chi connectivity index (χ1) is 10.6. The van der Waals surface area contributed by atoms with Gasteiger partial charge < -0.3 is 10.4 Å². The van der Waals surface area contributed by atoms with Gasteiger partial charge in [-0.25, -0.2) is 4.79 Å². The van der Waals surface area contributed by atoms with Crippen LogP contribution in [0.1, 0.15) is 43.9 Å². The summed E-state index contributed by atoms with van der Waals surface area (Å²) in [4.78, 5) is 11.4. The number of amides is 1. The number of carboxylic acid groups (broad SMARTS) is 1. The quantitative estimate of drug-likeness (QED) is 0.808. The standard InChI is InChI=1S/C19H23NO2/c1-3-19(4-2,16-13-9-6-10-14-16)17(20-18(21)22)15-11-7-5-8-12-15/h5-14,17,20H,3-4H2,1-2H3,(H,21,22)/t17-/m1/s1. The maximum Gasteiger partial charge on any atom is 0.405 e. The summed E-state index contributed by atoms with van der Waals surface area (Å²) in [6.07, 6.45) is 0.719. The van der Waals surface area contributed by atoms with E-state index < -0.39 is 6.09 Å². The van der Waals surface area contributed by atoms with Crippen LogP contribution in [0.3, 0.4) is 0 Å². The third-order valence-corrected chi connectivity index (χ3v) is 4.56. The highest BCUT2D eigenvalue weighted by atomic mass is 16.4. The van der Waals surface area contributed by atoms with Gasteiger partial charge in [0.05, 0.1) is 6.04 Å². The first-order valence-electron chi connectivity index (χ1n) is 7.74. The fraction of sp³-hybridized carbons (Fsp3) is 0.316. The van der Waals surface area contributed by atoms with Crippen molar-refractivity contribution in [1.29, 1.82) is 0 Å². The van der Waals surface area contributed by atoms with Crippen LogP contribution in [-0.2, 0) is 5.41 Å². The molecule has 3 heteroatoms. The molecule has 22 heavy (non-hydrogen) atoms. The summed E-state index contributed by atoms with van der Waals surface area (Å²) in [5.41, 5.74) is 1.90. The maximum atomic E-state index is 11.4. The van der Waals surface area contributed by atoms with Crippen molar-refractivity contribution in [2.45, 2.75) is 38.1 Å². The number of benzene rings is 2. The summed E-state index contributed by atoms with van der Waals surface area (Å²) in [6, 6.07) is 19.7. The van der Waals surface area contributed by atoms with Gasteiger partial charge in [-0.2, -0.15) is 0 Å². The Morgan fingerprint density at radius 2 is 1.50 bits per heavy atom. The van der Waals surface area contributed by atoms with E-state index >= 15 is 0 Å². The van der Waals surface area contributed by atoms with Crippen LogP contribution in [0.4, 0.5) is 4.79 Å². The summed E-state index contributed by atoms with van der Waals surface area (Å²) in [5.74, 6) is 0. The van der Waals surface area contributed by atoms with E-state index in [0.29, 0.717) is 0 Å². The lowest BCUT2D eigenvalue weighted by molar-refractivity contribution is 0.176. The number of carbonyl (C=O) groups is 1. The molecule has 1 amide bonds. The monoisotopic (exact) mass is 297 g/mol. The third-order valence-electron chi connectivity index (χ3n) is 4.56. The molecule has 0 aliphatic rings. The normalized spacial score (nSPS) is 12.6. The molecule has 0 heterocycles. The lowest BCUT2D eigenvalue weighted by atomic mass is 9.68. The fourth-order valence-corrected chi connectivity index (χ4v) is 3.31. The van der Waals surface area contributed by atoms with Crippen molar-refractivity contribution in [2.75, 3.05) is 0 Å². The minimum atomic E-state index is -0.990. The summed E-state index contributed by atoms with van der Waals surface area (Å²) in [6.45, 7) is 4.24. The Morgan fingerprint density at radius 3 is 1.95 bits per heavy atom. The Kier molecular flexibility index (Phi) is 5.21. The minimum absolute atomic E-state index is 0.263. The van der Waals surface area contributed by atoms with Crippen molar-refractivity contribution in [3.63, 3.8) is 0 Å². The molecule has 0 radical (unpaired) electrons. The van der Waals surface area contributed by atoms with Gasteiger partial charge in [-0.15, -0.1) is 0 Å². The number of rotatable bonds is 6. The van der Waals surface area contributed by atoms with E-state index in [2.05, 4.69) is 31.3 Å². The van der Waals surface area contributed by atoms with E-state index in [-0.39, 0.29) is 11.5 Å². The molecule has 1 atom stereocenters. The molecule has 2 rings (SSSR count). The van der Waals surface area contributed by atoms with Gasteiger partial charge in [0, 0.05) is 5.41 Å². The lowest BCUT2D eigenvalue weighted by Crippen LogP contribution is -2.43. The van der Waals surface area contributed by atoms with E-state index in [1.165, 1.54) is 5.56 Å². The van der Waals surface area contributed by atoms with Gasteiger partial charge in [-0.1, -0.05) is 74.5 Å². The molecule has 0 spiro atoms. The van der Waals surface area contributed by atoms with Crippen LogP contribution < -0.4 is 5.32 Å². The highest BCUT2D eigenvalue weighted by molar-refractivity contribution is 5.66. The van der Waals surface area contributed by atoms with Crippen LogP contribution in [0.15, 0.2) is 60.7 Å². The Morgan fingerprint density at radius 1 is 1.00 bits per heavy atom.